The molecule has 3 rings (SSSR count). The van der Waals surface area contributed by atoms with Crippen LogP contribution in [-0.4, -0.2) is 11.7 Å². The second-order valence-electron chi connectivity index (χ2n) is 4.45. The summed E-state index contributed by atoms with van der Waals surface area (Å²) in [4.78, 5) is 0. The molecule has 0 heterocycles. The lowest BCUT2D eigenvalue weighted by atomic mass is 10.1. The molecule has 2 aromatic carbocycles. The summed E-state index contributed by atoms with van der Waals surface area (Å²) in [6, 6.07) is 11.4. The van der Waals surface area contributed by atoms with Gasteiger partial charge in [-0.25, -0.2) is 0 Å². The Labute approximate surface area is 94.5 Å². The zero-order valence-corrected chi connectivity index (χ0v) is 9.02. The molecule has 1 aliphatic rings. The molecule has 1 aliphatic carbocycles. The van der Waals surface area contributed by atoms with E-state index < -0.39 is 0 Å². The summed E-state index contributed by atoms with van der Waals surface area (Å²) in [5.41, 5.74) is 0. The molecular weight excluding hydrogens is 200 g/mol. The smallest absolute Gasteiger partial charge is 0.119 e. The van der Waals surface area contributed by atoms with Crippen molar-refractivity contribution in [2.45, 2.75) is 12.8 Å². The molecule has 1 N–H and O–H groups in total. The molecule has 0 atom stereocenters. The molecule has 82 valence electrons. The Morgan fingerprint density at radius 3 is 2.69 bits per heavy atom. The fourth-order valence-electron chi connectivity index (χ4n) is 1.80. The monoisotopic (exact) mass is 214 g/mol. The van der Waals surface area contributed by atoms with E-state index in [0.717, 1.165) is 29.0 Å². The molecule has 2 aromatic rings. The standard InChI is InChI=1S/C14H14O2/c15-13-5-3-11-4-6-14(8-12(11)7-13)16-9-10-1-2-10/h3-8,10,15H,1-2,9H2. The molecule has 16 heavy (non-hydrogen) atoms. The van der Waals surface area contributed by atoms with Crippen molar-refractivity contribution in [2.24, 2.45) is 5.92 Å². The first kappa shape index (κ1) is 9.52. The SMILES string of the molecule is Oc1ccc2ccc(OCC3CC3)cc2c1. The van der Waals surface area contributed by atoms with Gasteiger partial charge in [0.25, 0.3) is 0 Å². The van der Waals surface area contributed by atoms with Gasteiger partial charge in [-0.3, -0.25) is 0 Å². The predicted molar refractivity (Wildman–Crippen MR) is 63.8 cm³/mol. The van der Waals surface area contributed by atoms with Gasteiger partial charge >= 0.3 is 0 Å². The number of phenols is 1. The molecule has 2 heteroatoms. The maximum Gasteiger partial charge on any atom is 0.119 e. The van der Waals surface area contributed by atoms with Crippen LogP contribution in [-0.2, 0) is 0 Å². The Bertz CT molecular complexity index is 515. The van der Waals surface area contributed by atoms with Crippen LogP contribution in [0.5, 0.6) is 11.5 Å². The summed E-state index contributed by atoms with van der Waals surface area (Å²) >= 11 is 0. The molecule has 1 fully saturated rings. The average Bonchev–Trinajstić information content (AvgIpc) is 3.09. The van der Waals surface area contributed by atoms with E-state index in [1.807, 2.05) is 24.3 Å². The van der Waals surface area contributed by atoms with Gasteiger partial charge in [0, 0.05) is 0 Å². The summed E-state index contributed by atoms with van der Waals surface area (Å²) in [6.07, 6.45) is 2.60. The van der Waals surface area contributed by atoms with Gasteiger partial charge in [0.1, 0.15) is 11.5 Å². The minimum Gasteiger partial charge on any atom is -0.508 e. The lowest BCUT2D eigenvalue weighted by Crippen LogP contribution is -1.98. The number of aromatic hydroxyl groups is 1. The van der Waals surface area contributed by atoms with E-state index in [0.29, 0.717) is 5.75 Å². The van der Waals surface area contributed by atoms with Crippen LogP contribution in [0, 0.1) is 5.92 Å². The summed E-state index contributed by atoms with van der Waals surface area (Å²) in [5.74, 6) is 1.96. The summed E-state index contributed by atoms with van der Waals surface area (Å²) in [6.45, 7) is 0.824. The van der Waals surface area contributed by atoms with Gasteiger partial charge < -0.3 is 9.84 Å². The quantitative estimate of drug-likeness (QED) is 0.849. The number of ether oxygens (including phenoxy) is 1. The third-order valence-electron chi connectivity index (χ3n) is 2.98. The van der Waals surface area contributed by atoms with Gasteiger partial charge in [0.05, 0.1) is 6.61 Å². The van der Waals surface area contributed by atoms with Crippen molar-refractivity contribution in [3.05, 3.63) is 36.4 Å². The van der Waals surface area contributed by atoms with Crippen molar-refractivity contribution < 1.29 is 9.84 Å². The van der Waals surface area contributed by atoms with Gasteiger partial charge in [0.15, 0.2) is 0 Å². The van der Waals surface area contributed by atoms with Crippen molar-refractivity contribution in [2.75, 3.05) is 6.61 Å². The molecule has 1 saturated carbocycles. The molecule has 0 amide bonds. The molecule has 2 nitrogen and oxygen atoms in total. The summed E-state index contributed by atoms with van der Waals surface area (Å²) in [7, 11) is 0. The Balaban J connectivity index is 1.87. The van der Waals surface area contributed by atoms with E-state index in [-0.39, 0.29) is 0 Å². The number of hydrogen-bond donors (Lipinski definition) is 1. The molecule has 0 aliphatic heterocycles. The van der Waals surface area contributed by atoms with Gasteiger partial charge in [-0.05, 0) is 53.8 Å². The van der Waals surface area contributed by atoms with E-state index in [2.05, 4.69) is 0 Å². The molecule has 0 spiro atoms. The molecule has 0 radical (unpaired) electrons. The van der Waals surface area contributed by atoms with E-state index >= 15 is 0 Å². The van der Waals surface area contributed by atoms with Gasteiger partial charge in [-0.15, -0.1) is 0 Å². The highest BCUT2D eigenvalue weighted by Crippen LogP contribution is 2.30. The molecule has 0 unspecified atom stereocenters. The van der Waals surface area contributed by atoms with Gasteiger partial charge in [0.2, 0.25) is 0 Å². The zero-order chi connectivity index (χ0) is 11.0. The summed E-state index contributed by atoms with van der Waals surface area (Å²) in [5, 5.41) is 11.6. The van der Waals surface area contributed by atoms with Crippen LogP contribution >= 0.6 is 0 Å². The van der Waals surface area contributed by atoms with Crippen molar-refractivity contribution in [3.8, 4) is 11.5 Å². The van der Waals surface area contributed by atoms with Crippen LogP contribution in [0.2, 0.25) is 0 Å². The molecule has 0 aromatic heterocycles. The second kappa shape index (κ2) is 3.71. The Hall–Kier alpha value is -1.70. The predicted octanol–water partition coefficient (Wildman–Crippen LogP) is 3.33. The van der Waals surface area contributed by atoms with E-state index in [4.69, 9.17) is 4.74 Å². The number of fused-ring (bicyclic) bond motifs is 1. The largest absolute Gasteiger partial charge is 0.508 e. The van der Waals surface area contributed by atoms with E-state index in [9.17, 15) is 5.11 Å². The van der Waals surface area contributed by atoms with Crippen LogP contribution in [0.4, 0.5) is 0 Å². The Morgan fingerprint density at radius 1 is 1.06 bits per heavy atom. The summed E-state index contributed by atoms with van der Waals surface area (Å²) < 4.78 is 5.70. The number of hydrogen-bond acceptors (Lipinski definition) is 2. The first-order chi connectivity index (χ1) is 7.81. The second-order valence-corrected chi connectivity index (χ2v) is 4.45. The fourth-order valence-corrected chi connectivity index (χ4v) is 1.80. The number of rotatable bonds is 3. The highest BCUT2D eigenvalue weighted by atomic mass is 16.5. The highest BCUT2D eigenvalue weighted by molar-refractivity contribution is 5.85. The third kappa shape index (κ3) is 1.96. The normalized spacial score (nSPS) is 15.2. The van der Waals surface area contributed by atoms with Crippen LogP contribution < -0.4 is 4.74 Å². The van der Waals surface area contributed by atoms with Crippen molar-refractivity contribution in [1.29, 1.82) is 0 Å². The first-order valence-corrected chi connectivity index (χ1v) is 5.67. The van der Waals surface area contributed by atoms with Crippen LogP contribution in [0.1, 0.15) is 12.8 Å². The zero-order valence-electron chi connectivity index (χ0n) is 9.02. The Kier molecular flexibility index (Phi) is 2.21. The van der Waals surface area contributed by atoms with Crippen LogP contribution in [0.25, 0.3) is 10.8 Å². The molecular formula is C14H14O2. The number of benzene rings is 2. The minimum absolute atomic E-state index is 0.298. The lowest BCUT2D eigenvalue weighted by Gasteiger charge is -2.06. The van der Waals surface area contributed by atoms with Gasteiger partial charge in [-0.1, -0.05) is 12.1 Å². The van der Waals surface area contributed by atoms with Crippen LogP contribution in [0.3, 0.4) is 0 Å². The van der Waals surface area contributed by atoms with E-state index in [1.165, 1.54) is 12.8 Å². The minimum atomic E-state index is 0.298. The van der Waals surface area contributed by atoms with Crippen molar-refractivity contribution in [1.82, 2.24) is 0 Å². The van der Waals surface area contributed by atoms with Crippen LogP contribution in [0.15, 0.2) is 36.4 Å². The first-order valence-electron chi connectivity index (χ1n) is 5.67. The van der Waals surface area contributed by atoms with E-state index in [1.54, 1.807) is 12.1 Å². The lowest BCUT2D eigenvalue weighted by molar-refractivity contribution is 0.300. The molecule has 0 saturated heterocycles. The molecule has 0 bridgehead atoms. The maximum absolute atomic E-state index is 9.41. The van der Waals surface area contributed by atoms with Crippen molar-refractivity contribution in [3.63, 3.8) is 0 Å². The highest BCUT2D eigenvalue weighted by Gasteiger charge is 2.21. The number of phenolic OH excluding ortho intramolecular Hbond substituents is 1. The third-order valence-corrected chi connectivity index (χ3v) is 2.98. The van der Waals surface area contributed by atoms with Gasteiger partial charge in [-0.2, -0.15) is 0 Å². The van der Waals surface area contributed by atoms with Crippen molar-refractivity contribution >= 4 is 10.8 Å². The Morgan fingerprint density at radius 2 is 1.88 bits per heavy atom. The topological polar surface area (TPSA) is 29.5 Å². The maximum atomic E-state index is 9.41. The average molecular weight is 214 g/mol. The fraction of sp³-hybridized carbons (Fsp3) is 0.286.